The van der Waals surface area contributed by atoms with Crippen molar-refractivity contribution >= 4 is 5.91 Å². The molecule has 0 aromatic heterocycles. The van der Waals surface area contributed by atoms with E-state index in [1.807, 2.05) is 32.3 Å². The molecule has 0 aliphatic rings. The predicted molar refractivity (Wildman–Crippen MR) is 113 cm³/mol. The van der Waals surface area contributed by atoms with Gasteiger partial charge in [0.05, 0.1) is 13.7 Å². The van der Waals surface area contributed by atoms with Gasteiger partial charge in [-0.15, -0.1) is 0 Å². The fourth-order valence-corrected chi connectivity index (χ4v) is 2.84. The normalized spacial score (nSPS) is 11.0. The molecule has 1 amide bonds. The van der Waals surface area contributed by atoms with Crippen molar-refractivity contribution in [3.8, 4) is 11.5 Å². The summed E-state index contributed by atoms with van der Waals surface area (Å²) in [7, 11) is 5.66. The van der Waals surface area contributed by atoms with Crippen LogP contribution in [0.25, 0.3) is 0 Å². The second-order valence-electron chi connectivity index (χ2n) is 7.59. The standard InChI is InChI=1S/C23H32N2O3/c1-17(2)12-13-28-21-11-10-18(14-22(21)27-5)23(26)24-15-19-8-6-7-9-20(19)16-25(3)4/h6-11,14,17H,12-13,15-16H2,1-5H3,(H,24,26). The molecule has 1 N–H and O–H groups in total. The average molecular weight is 385 g/mol. The maximum atomic E-state index is 12.6. The monoisotopic (exact) mass is 384 g/mol. The Hall–Kier alpha value is -2.53. The zero-order chi connectivity index (χ0) is 20.5. The van der Waals surface area contributed by atoms with Crippen LogP contribution in [-0.4, -0.2) is 38.6 Å². The zero-order valence-corrected chi connectivity index (χ0v) is 17.6. The van der Waals surface area contributed by atoms with Crippen molar-refractivity contribution in [2.45, 2.75) is 33.4 Å². The van der Waals surface area contributed by atoms with Crippen LogP contribution in [0.1, 0.15) is 41.8 Å². The molecule has 2 aromatic carbocycles. The van der Waals surface area contributed by atoms with Gasteiger partial charge >= 0.3 is 0 Å². The molecule has 5 heteroatoms. The summed E-state index contributed by atoms with van der Waals surface area (Å²) in [5.41, 5.74) is 2.88. The molecule has 0 atom stereocenters. The molecule has 0 fully saturated rings. The Balaban J connectivity index is 2.02. The van der Waals surface area contributed by atoms with Crippen molar-refractivity contribution in [1.82, 2.24) is 10.2 Å². The van der Waals surface area contributed by atoms with Gasteiger partial charge in [-0.2, -0.15) is 0 Å². The molecule has 0 radical (unpaired) electrons. The lowest BCUT2D eigenvalue weighted by Crippen LogP contribution is -2.24. The van der Waals surface area contributed by atoms with Crippen molar-refractivity contribution in [1.29, 1.82) is 0 Å². The molecular formula is C23H32N2O3. The van der Waals surface area contributed by atoms with Crippen molar-refractivity contribution in [3.05, 3.63) is 59.2 Å². The molecule has 0 unspecified atom stereocenters. The zero-order valence-electron chi connectivity index (χ0n) is 17.6. The fourth-order valence-electron chi connectivity index (χ4n) is 2.84. The molecule has 0 saturated heterocycles. The Morgan fingerprint density at radius 3 is 2.43 bits per heavy atom. The molecule has 2 rings (SSSR count). The SMILES string of the molecule is COc1cc(C(=O)NCc2ccccc2CN(C)C)ccc1OCCC(C)C. The highest BCUT2D eigenvalue weighted by atomic mass is 16.5. The number of nitrogens with zero attached hydrogens (tertiary/aromatic N) is 1. The highest BCUT2D eigenvalue weighted by Gasteiger charge is 2.12. The van der Waals surface area contributed by atoms with E-state index in [9.17, 15) is 4.79 Å². The summed E-state index contributed by atoms with van der Waals surface area (Å²) in [4.78, 5) is 14.7. The molecular weight excluding hydrogens is 352 g/mol. The minimum atomic E-state index is -0.133. The first-order valence-electron chi connectivity index (χ1n) is 9.71. The summed E-state index contributed by atoms with van der Waals surface area (Å²) in [6, 6.07) is 13.5. The molecule has 28 heavy (non-hydrogen) atoms. The van der Waals surface area contributed by atoms with Crippen LogP contribution in [0.4, 0.5) is 0 Å². The molecule has 5 nitrogen and oxygen atoms in total. The molecule has 0 heterocycles. The van der Waals surface area contributed by atoms with E-state index in [-0.39, 0.29) is 5.91 Å². The van der Waals surface area contributed by atoms with Crippen LogP contribution in [0.2, 0.25) is 0 Å². The van der Waals surface area contributed by atoms with E-state index < -0.39 is 0 Å². The number of benzene rings is 2. The minimum absolute atomic E-state index is 0.133. The van der Waals surface area contributed by atoms with Gasteiger partial charge in [0.1, 0.15) is 0 Å². The minimum Gasteiger partial charge on any atom is -0.493 e. The van der Waals surface area contributed by atoms with Crippen LogP contribution in [0.15, 0.2) is 42.5 Å². The van der Waals surface area contributed by atoms with Gasteiger partial charge in [-0.05, 0) is 55.8 Å². The van der Waals surface area contributed by atoms with Crippen LogP contribution in [0.3, 0.4) is 0 Å². The third-order valence-electron chi connectivity index (χ3n) is 4.42. The van der Waals surface area contributed by atoms with E-state index in [0.29, 0.717) is 36.1 Å². The van der Waals surface area contributed by atoms with Crippen LogP contribution in [0.5, 0.6) is 11.5 Å². The average Bonchev–Trinajstić information content (AvgIpc) is 2.66. The predicted octanol–water partition coefficient (Wildman–Crippen LogP) is 4.11. The van der Waals surface area contributed by atoms with E-state index in [1.165, 1.54) is 5.56 Å². The number of hydrogen-bond donors (Lipinski definition) is 1. The molecule has 0 spiro atoms. The molecule has 0 aliphatic carbocycles. The van der Waals surface area contributed by atoms with E-state index in [4.69, 9.17) is 9.47 Å². The fraction of sp³-hybridized carbons (Fsp3) is 0.435. The number of carbonyl (C=O) groups is 1. The first-order valence-corrected chi connectivity index (χ1v) is 9.71. The van der Waals surface area contributed by atoms with Gasteiger partial charge in [-0.1, -0.05) is 38.1 Å². The van der Waals surface area contributed by atoms with Gasteiger partial charge < -0.3 is 19.7 Å². The Labute approximate surface area is 168 Å². The summed E-state index contributed by atoms with van der Waals surface area (Å²) >= 11 is 0. The molecule has 152 valence electrons. The Morgan fingerprint density at radius 2 is 1.79 bits per heavy atom. The van der Waals surface area contributed by atoms with Gasteiger partial charge in [0.25, 0.3) is 5.91 Å². The lowest BCUT2D eigenvalue weighted by atomic mass is 10.1. The maximum Gasteiger partial charge on any atom is 0.251 e. The summed E-state index contributed by atoms with van der Waals surface area (Å²) in [5, 5.41) is 3.00. The van der Waals surface area contributed by atoms with Crippen LogP contribution >= 0.6 is 0 Å². The van der Waals surface area contributed by atoms with Crippen LogP contribution < -0.4 is 14.8 Å². The first kappa shape index (κ1) is 21.8. The third kappa shape index (κ3) is 6.57. The van der Waals surface area contributed by atoms with E-state index in [2.05, 4.69) is 30.1 Å². The van der Waals surface area contributed by atoms with Crippen molar-refractivity contribution in [2.75, 3.05) is 27.8 Å². The summed E-state index contributed by atoms with van der Waals surface area (Å²) in [6.07, 6.45) is 0.970. The Kier molecular flexibility index (Phi) is 8.33. The summed E-state index contributed by atoms with van der Waals surface area (Å²) in [5.74, 6) is 1.68. The quantitative estimate of drug-likeness (QED) is 0.670. The second kappa shape index (κ2) is 10.7. The highest BCUT2D eigenvalue weighted by Crippen LogP contribution is 2.28. The van der Waals surface area contributed by atoms with Crippen molar-refractivity contribution in [3.63, 3.8) is 0 Å². The van der Waals surface area contributed by atoms with Crippen molar-refractivity contribution in [2.24, 2.45) is 5.92 Å². The number of amides is 1. The summed E-state index contributed by atoms with van der Waals surface area (Å²) in [6.45, 7) is 6.26. The van der Waals surface area contributed by atoms with Gasteiger partial charge in [0.2, 0.25) is 0 Å². The van der Waals surface area contributed by atoms with Gasteiger partial charge in [-0.25, -0.2) is 0 Å². The van der Waals surface area contributed by atoms with Gasteiger partial charge in [-0.3, -0.25) is 4.79 Å². The van der Waals surface area contributed by atoms with Gasteiger partial charge in [0, 0.05) is 18.7 Å². The maximum absolute atomic E-state index is 12.6. The number of methoxy groups -OCH3 is 1. The van der Waals surface area contributed by atoms with Crippen LogP contribution in [0, 0.1) is 5.92 Å². The van der Waals surface area contributed by atoms with E-state index in [1.54, 1.807) is 25.3 Å². The molecule has 0 saturated carbocycles. The smallest absolute Gasteiger partial charge is 0.251 e. The van der Waals surface area contributed by atoms with Crippen molar-refractivity contribution < 1.29 is 14.3 Å². The Bertz CT molecular complexity index is 772. The number of hydrogen-bond acceptors (Lipinski definition) is 4. The first-order chi connectivity index (χ1) is 13.4. The third-order valence-corrected chi connectivity index (χ3v) is 4.42. The second-order valence-corrected chi connectivity index (χ2v) is 7.59. The van der Waals surface area contributed by atoms with Gasteiger partial charge in [0.15, 0.2) is 11.5 Å². The summed E-state index contributed by atoms with van der Waals surface area (Å²) < 4.78 is 11.2. The number of carbonyl (C=O) groups excluding carboxylic acids is 1. The highest BCUT2D eigenvalue weighted by molar-refractivity contribution is 5.94. The van der Waals surface area contributed by atoms with E-state index >= 15 is 0 Å². The number of rotatable bonds is 10. The molecule has 0 aliphatic heterocycles. The van der Waals surface area contributed by atoms with Crippen LogP contribution in [-0.2, 0) is 13.1 Å². The lowest BCUT2D eigenvalue weighted by molar-refractivity contribution is 0.0950. The lowest BCUT2D eigenvalue weighted by Gasteiger charge is -2.15. The molecule has 0 bridgehead atoms. The van der Waals surface area contributed by atoms with E-state index in [0.717, 1.165) is 18.5 Å². The largest absolute Gasteiger partial charge is 0.493 e. The molecule has 2 aromatic rings. The number of ether oxygens (including phenoxy) is 2. The number of nitrogens with one attached hydrogen (secondary N) is 1. The Morgan fingerprint density at radius 1 is 1.07 bits per heavy atom. The topological polar surface area (TPSA) is 50.8 Å².